The van der Waals surface area contributed by atoms with E-state index >= 15 is 0 Å². The summed E-state index contributed by atoms with van der Waals surface area (Å²) >= 11 is 0. The van der Waals surface area contributed by atoms with Gasteiger partial charge in [0.25, 0.3) is 0 Å². The third-order valence-electron chi connectivity index (χ3n) is 2.62. The van der Waals surface area contributed by atoms with Crippen LogP contribution >= 0.6 is 0 Å². The Bertz CT molecular complexity index is 119. The number of hydrogen-bond donors (Lipinski definition) is 1. The summed E-state index contributed by atoms with van der Waals surface area (Å²) in [5.74, 6) is 0.897. The summed E-state index contributed by atoms with van der Waals surface area (Å²) in [7, 11) is 2.10. The van der Waals surface area contributed by atoms with E-state index in [2.05, 4.69) is 11.9 Å². The zero-order chi connectivity index (χ0) is 8.97. The summed E-state index contributed by atoms with van der Waals surface area (Å²) < 4.78 is 0. The van der Waals surface area contributed by atoms with E-state index in [1.54, 1.807) is 0 Å². The minimum absolute atomic E-state index is 0.184. The van der Waals surface area contributed by atoms with Gasteiger partial charge >= 0.3 is 0 Å². The van der Waals surface area contributed by atoms with E-state index in [-0.39, 0.29) is 6.10 Å². The molecule has 1 atom stereocenters. The first-order chi connectivity index (χ1) is 5.68. The van der Waals surface area contributed by atoms with Crippen molar-refractivity contribution in [2.24, 2.45) is 5.92 Å². The lowest BCUT2D eigenvalue weighted by atomic mass is 10.1. The van der Waals surface area contributed by atoms with Crippen LogP contribution in [0, 0.1) is 5.92 Å². The lowest BCUT2D eigenvalue weighted by molar-refractivity contribution is 0.132. The average molecular weight is 171 g/mol. The Morgan fingerprint density at radius 1 is 1.42 bits per heavy atom. The van der Waals surface area contributed by atoms with Crippen molar-refractivity contribution in [1.82, 2.24) is 4.90 Å². The zero-order valence-electron chi connectivity index (χ0n) is 8.29. The quantitative estimate of drug-likeness (QED) is 0.692. The molecule has 2 nitrogen and oxygen atoms in total. The number of aliphatic hydroxyl groups is 1. The van der Waals surface area contributed by atoms with E-state index in [0.717, 1.165) is 12.5 Å². The summed E-state index contributed by atoms with van der Waals surface area (Å²) in [6, 6.07) is 0. The van der Waals surface area contributed by atoms with Gasteiger partial charge in [0.05, 0.1) is 6.10 Å². The van der Waals surface area contributed by atoms with E-state index < -0.39 is 0 Å². The summed E-state index contributed by atoms with van der Waals surface area (Å²) in [6.07, 6.45) is 5.42. The van der Waals surface area contributed by atoms with Crippen LogP contribution in [-0.4, -0.2) is 36.2 Å². The Balaban J connectivity index is 2.11. The molecule has 2 heteroatoms. The molecule has 0 aromatic rings. The van der Waals surface area contributed by atoms with Crippen LogP contribution in [0.4, 0.5) is 0 Å². The molecule has 1 saturated carbocycles. The van der Waals surface area contributed by atoms with Gasteiger partial charge in [-0.05, 0) is 32.7 Å². The van der Waals surface area contributed by atoms with Gasteiger partial charge in [0.1, 0.15) is 0 Å². The third-order valence-corrected chi connectivity index (χ3v) is 2.62. The highest BCUT2D eigenvalue weighted by atomic mass is 16.3. The monoisotopic (exact) mass is 171 g/mol. The van der Waals surface area contributed by atoms with Gasteiger partial charge in [0, 0.05) is 13.1 Å². The number of likely N-dealkylation sites (N-methyl/N-ethyl adjacent to an activating group) is 1. The molecule has 0 aromatic heterocycles. The predicted octanol–water partition coefficient (Wildman–Crippen LogP) is 1.49. The number of aliphatic hydroxyl groups excluding tert-OH is 1. The van der Waals surface area contributed by atoms with E-state index in [1.165, 1.54) is 32.2 Å². The van der Waals surface area contributed by atoms with Gasteiger partial charge in [-0.2, -0.15) is 0 Å². The van der Waals surface area contributed by atoms with E-state index in [9.17, 15) is 0 Å². The van der Waals surface area contributed by atoms with Gasteiger partial charge in [0.2, 0.25) is 0 Å². The Morgan fingerprint density at radius 3 is 2.50 bits per heavy atom. The van der Waals surface area contributed by atoms with E-state index in [4.69, 9.17) is 5.11 Å². The van der Waals surface area contributed by atoms with Gasteiger partial charge in [0.15, 0.2) is 0 Å². The molecular weight excluding hydrogens is 150 g/mol. The van der Waals surface area contributed by atoms with Gasteiger partial charge in [-0.25, -0.2) is 0 Å². The summed E-state index contributed by atoms with van der Waals surface area (Å²) in [5.41, 5.74) is 0. The molecule has 1 N–H and O–H groups in total. The predicted molar refractivity (Wildman–Crippen MR) is 51.1 cm³/mol. The van der Waals surface area contributed by atoms with Crippen molar-refractivity contribution in [3.63, 3.8) is 0 Å². The van der Waals surface area contributed by atoms with Crippen LogP contribution in [0.15, 0.2) is 0 Å². The normalized spacial score (nSPS) is 22.0. The molecule has 0 saturated heterocycles. The van der Waals surface area contributed by atoms with Crippen LogP contribution in [0.3, 0.4) is 0 Å². The van der Waals surface area contributed by atoms with Gasteiger partial charge < -0.3 is 10.0 Å². The molecule has 0 aromatic carbocycles. The fraction of sp³-hybridized carbons (Fsp3) is 1.00. The number of nitrogens with zero attached hydrogens (tertiary/aromatic N) is 1. The minimum atomic E-state index is -0.184. The third kappa shape index (κ3) is 3.55. The van der Waals surface area contributed by atoms with Crippen molar-refractivity contribution in [2.45, 2.75) is 38.7 Å². The first-order valence-electron chi connectivity index (χ1n) is 5.05. The Labute approximate surface area is 75.6 Å². The topological polar surface area (TPSA) is 23.5 Å². The molecule has 0 aliphatic heterocycles. The van der Waals surface area contributed by atoms with Crippen LogP contribution in [0.25, 0.3) is 0 Å². The highest BCUT2D eigenvalue weighted by molar-refractivity contribution is 4.70. The molecule has 0 amide bonds. The minimum Gasteiger partial charge on any atom is -0.392 e. The zero-order valence-corrected chi connectivity index (χ0v) is 8.29. The van der Waals surface area contributed by atoms with Crippen molar-refractivity contribution < 1.29 is 5.11 Å². The fourth-order valence-corrected chi connectivity index (χ4v) is 2.16. The van der Waals surface area contributed by atoms with E-state index in [0.29, 0.717) is 0 Å². The standard InChI is InChI=1S/C10H21NO/c1-9(12)7-11(2)8-10-5-3-4-6-10/h9-10,12H,3-8H2,1-2H3/t9-/m0/s1. The molecule has 1 aliphatic rings. The molecule has 1 rings (SSSR count). The average Bonchev–Trinajstić information content (AvgIpc) is 2.37. The highest BCUT2D eigenvalue weighted by Gasteiger charge is 2.16. The van der Waals surface area contributed by atoms with Crippen molar-refractivity contribution in [3.05, 3.63) is 0 Å². The number of hydrogen-bond acceptors (Lipinski definition) is 2. The Morgan fingerprint density at radius 2 is 2.00 bits per heavy atom. The van der Waals surface area contributed by atoms with Crippen molar-refractivity contribution in [3.8, 4) is 0 Å². The molecule has 0 unspecified atom stereocenters. The second-order valence-electron chi connectivity index (χ2n) is 4.22. The first kappa shape index (κ1) is 10.0. The first-order valence-corrected chi connectivity index (χ1v) is 5.05. The Hall–Kier alpha value is -0.0800. The molecule has 12 heavy (non-hydrogen) atoms. The molecule has 0 radical (unpaired) electrons. The van der Waals surface area contributed by atoms with Gasteiger partial charge in [-0.3, -0.25) is 0 Å². The summed E-state index contributed by atoms with van der Waals surface area (Å²) in [4.78, 5) is 2.25. The van der Waals surface area contributed by atoms with Crippen molar-refractivity contribution in [2.75, 3.05) is 20.1 Å². The smallest absolute Gasteiger partial charge is 0.0638 e. The van der Waals surface area contributed by atoms with Crippen LogP contribution in [0.5, 0.6) is 0 Å². The number of rotatable bonds is 4. The van der Waals surface area contributed by atoms with Crippen LogP contribution < -0.4 is 0 Å². The van der Waals surface area contributed by atoms with Gasteiger partial charge in [-0.1, -0.05) is 12.8 Å². The van der Waals surface area contributed by atoms with Crippen molar-refractivity contribution >= 4 is 0 Å². The summed E-state index contributed by atoms with van der Waals surface area (Å²) in [6.45, 7) is 3.84. The van der Waals surface area contributed by atoms with E-state index in [1.807, 2.05) is 6.92 Å². The molecule has 72 valence electrons. The molecule has 1 fully saturated rings. The maximum absolute atomic E-state index is 9.16. The molecule has 0 heterocycles. The molecule has 0 bridgehead atoms. The maximum atomic E-state index is 9.16. The maximum Gasteiger partial charge on any atom is 0.0638 e. The lowest BCUT2D eigenvalue weighted by Gasteiger charge is -2.21. The van der Waals surface area contributed by atoms with Gasteiger partial charge in [-0.15, -0.1) is 0 Å². The molecule has 0 spiro atoms. The van der Waals surface area contributed by atoms with Crippen molar-refractivity contribution in [1.29, 1.82) is 0 Å². The largest absolute Gasteiger partial charge is 0.392 e. The highest BCUT2D eigenvalue weighted by Crippen LogP contribution is 2.24. The van der Waals surface area contributed by atoms with Crippen LogP contribution in [0.2, 0.25) is 0 Å². The molecular formula is C10H21NO. The molecule has 1 aliphatic carbocycles. The van der Waals surface area contributed by atoms with Crippen LogP contribution in [-0.2, 0) is 0 Å². The van der Waals surface area contributed by atoms with Crippen LogP contribution in [0.1, 0.15) is 32.6 Å². The Kier molecular flexibility index (Phi) is 4.02. The SMILES string of the molecule is C[C@H](O)CN(C)CC1CCCC1. The second kappa shape index (κ2) is 4.83. The second-order valence-corrected chi connectivity index (χ2v) is 4.22. The summed E-state index contributed by atoms with van der Waals surface area (Å²) in [5, 5.41) is 9.16. The fourth-order valence-electron chi connectivity index (χ4n) is 2.16. The lowest BCUT2D eigenvalue weighted by Crippen LogP contribution is -2.31.